The Kier molecular flexibility index (Phi) is 6.59. The average Bonchev–Trinajstić information content (AvgIpc) is 2.90. The molecule has 0 saturated heterocycles. The van der Waals surface area contributed by atoms with Crippen LogP contribution in [0.1, 0.15) is 22.7 Å². The van der Waals surface area contributed by atoms with Crippen LogP contribution in [0.5, 0.6) is 0 Å². The first-order valence-corrected chi connectivity index (χ1v) is 13.5. The summed E-state index contributed by atoms with van der Waals surface area (Å²) < 4.78 is 70.4. The number of carbonyl (C=O) groups is 1. The van der Waals surface area contributed by atoms with Crippen molar-refractivity contribution in [3.05, 3.63) is 99.8 Å². The van der Waals surface area contributed by atoms with E-state index in [4.69, 9.17) is 0 Å². The van der Waals surface area contributed by atoms with Crippen LogP contribution in [-0.4, -0.2) is 43.8 Å². The van der Waals surface area contributed by atoms with Gasteiger partial charge in [-0.05, 0) is 46.0 Å². The number of alkyl halides is 3. The molecule has 11 heteroatoms. The van der Waals surface area contributed by atoms with Crippen molar-refractivity contribution in [2.75, 3.05) is 20.6 Å². The number of hydrogen-bond acceptors (Lipinski definition) is 4. The Morgan fingerprint density at radius 1 is 1.00 bits per heavy atom. The van der Waals surface area contributed by atoms with Gasteiger partial charge >= 0.3 is 6.18 Å². The Hall–Kier alpha value is -3.96. The number of likely N-dealkylation sites (N-methyl/N-ethyl adjacent to an activating group) is 2. The first kappa shape index (κ1) is 26.6. The van der Waals surface area contributed by atoms with Crippen LogP contribution in [0.25, 0.3) is 21.9 Å². The molecule has 1 aromatic heterocycles. The first-order chi connectivity index (χ1) is 18.4. The number of fused-ring (bicyclic) bond motifs is 2. The topological polar surface area (TPSA) is 88.5 Å². The summed E-state index contributed by atoms with van der Waals surface area (Å²) in [6, 6.07) is 17.4. The molecule has 0 fully saturated rings. The number of nitrogens with one attached hydrogen (secondary N) is 1. The highest BCUT2D eigenvalue weighted by molar-refractivity contribution is 7.89. The lowest BCUT2D eigenvalue weighted by Crippen LogP contribution is -2.50. The molecule has 0 saturated carbocycles. The standard InChI is InChI=1S/C28H24F3N3O4S/c1-32-26(36)23-16-33(2)39(37,38)27-25(19-10-6-11-21(14-19)28(29,30)31)20(15-24(35)34(23)27)13-18-9-5-8-17-7-3-4-12-22(17)18/h3-12,14-15,23H,13,16H2,1-2H3,(H,32,36). The highest BCUT2D eigenvalue weighted by Crippen LogP contribution is 2.39. The molecule has 0 spiro atoms. The van der Waals surface area contributed by atoms with Gasteiger partial charge in [-0.25, -0.2) is 8.42 Å². The molecule has 1 unspecified atom stereocenters. The third-order valence-corrected chi connectivity index (χ3v) is 8.83. The molecule has 1 atom stereocenters. The van der Waals surface area contributed by atoms with Gasteiger partial charge in [0.2, 0.25) is 5.91 Å². The van der Waals surface area contributed by atoms with Crippen molar-refractivity contribution in [3.8, 4) is 11.1 Å². The van der Waals surface area contributed by atoms with Crippen LogP contribution in [0.2, 0.25) is 0 Å². The van der Waals surface area contributed by atoms with Crippen molar-refractivity contribution in [3.63, 3.8) is 0 Å². The van der Waals surface area contributed by atoms with Gasteiger partial charge in [0, 0.05) is 32.3 Å². The van der Waals surface area contributed by atoms with E-state index in [2.05, 4.69) is 5.32 Å². The summed E-state index contributed by atoms with van der Waals surface area (Å²) in [4.78, 5) is 26.2. The van der Waals surface area contributed by atoms with E-state index in [9.17, 15) is 31.2 Å². The number of benzene rings is 3. The van der Waals surface area contributed by atoms with Crippen LogP contribution in [-0.2, 0) is 27.4 Å². The zero-order valence-electron chi connectivity index (χ0n) is 21.0. The Bertz CT molecular complexity index is 1780. The average molecular weight is 556 g/mol. The predicted molar refractivity (Wildman–Crippen MR) is 141 cm³/mol. The van der Waals surface area contributed by atoms with Gasteiger partial charge < -0.3 is 5.32 Å². The second kappa shape index (κ2) is 9.65. The van der Waals surface area contributed by atoms with Gasteiger partial charge in [0.25, 0.3) is 15.6 Å². The van der Waals surface area contributed by atoms with Crippen molar-refractivity contribution in [1.29, 1.82) is 0 Å². The number of halogens is 3. The number of nitrogens with zero attached hydrogens (tertiary/aromatic N) is 2. The molecule has 0 radical (unpaired) electrons. The van der Waals surface area contributed by atoms with E-state index in [1.54, 1.807) is 0 Å². The Morgan fingerprint density at radius 3 is 2.41 bits per heavy atom. The van der Waals surface area contributed by atoms with E-state index in [0.717, 1.165) is 37.3 Å². The molecule has 202 valence electrons. The highest BCUT2D eigenvalue weighted by atomic mass is 32.2. The van der Waals surface area contributed by atoms with Crippen molar-refractivity contribution in [1.82, 2.24) is 14.2 Å². The molecule has 4 aromatic rings. The molecule has 1 N–H and O–H groups in total. The Labute approximate surface area is 222 Å². The molecule has 1 aliphatic rings. The monoisotopic (exact) mass is 555 g/mol. The number of sulfonamides is 1. The van der Waals surface area contributed by atoms with Crippen molar-refractivity contribution in [2.24, 2.45) is 0 Å². The lowest BCUT2D eigenvalue weighted by molar-refractivity contribution is -0.137. The maximum absolute atomic E-state index is 13.7. The maximum Gasteiger partial charge on any atom is 0.416 e. The maximum atomic E-state index is 13.7. The third-order valence-electron chi connectivity index (χ3n) is 6.97. The van der Waals surface area contributed by atoms with E-state index in [-0.39, 0.29) is 29.7 Å². The molecule has 2 heterocycles. The van der Waals surface area contributed by atoms with E-state index < -0.39 is 44.3 Å². The Morgan fingerprint density at radius 2 is 1.69 bits per heavy atom. The van der Waals surface area contributed by atoms with Gasteiger partial charge in [-0.1, -0.05) is 54.6 Å². The largest absolute Gasteiger partial charge is 0.416 e. The number of rotatable bonds is 4. The highest BCUT2D eigenvalue weighted by Gasteiger charge is 2.42. The van der Waals surface area contributed by atoms with Gasteiger partial charge in [0.1, 0.15) is 6.04 Å². The van der Waals surface area contributed by atoms with Crippen LogP contribution >= 0.6 is 0 Å². The lowest BCUT2D eigenvalue weighted by Gasteiger charge is -2.34. The fourth-order valence-electron chi connectivity index (χ4n) is 5.09. The van der Waals surface area contributed by atoms with Crippen LogP contribution in [0.15, 0.2) is 82.6 Å². The van der Waals surface area contributed by atoms with Crippen LogP contribution in [0, 0.1) is 0 Å². The van der Waals surface area contributed by atoms with E-state index in [1.165, 1.54) is 32.3 Å². The molecule has 1 aliphatic heterocycles. The summed E-state index contributed by atoms with van der Waals surface area (Å²) in [6.45, 7) is -0.306. The fourth-order valence-corrected chi connectivity index (χ4v) is 6.69. The smallest absolute Gasteiger partial charge is 0.357 e. The van der Waals surface area contributed by atoms with Gasteiger partial charge in [-0.3, -0.25) is 14.2 Å². The molecule has 3 aromatic carbocycles. The lowest BCUT2D eigenvalue weighted by atomic mass is 9.93. The third kappa shape index (κ3) is 4.61. The summed E-state index contributed by atoms with van der Waals surface area (Å²) in [5.74, 6) is -0.600. The van der Waals surface area contributed by atoms with Gasteiger partial charge in [0.05, 0.1) is 5.56 Å². The number of aromatic nitrogens is 1. The molecule has 0 bridgehead atoms. The SMILES string of the molecule is CNC(=O)C1CN(C)S(=O)(=O)c2c(-c3cccc(C(F)(F)F)c3)c(Cc3cccc4ccccc34)cc(=O)n21. The van der Waals surface area contributed by atoms with E-state index in [1.807, 2.05) is 42.5 Å². The van der Waals surface area contributed by atoms with Crippen LogP contribution < -0.4 is 10.9 Å². The van der Waals surface area contributed by atoms with E-state index in [0.29, 0.717) is 0 Å². The molecule has 5 rings (SSSR count). The summed E-state index contributed by atoms with van der Waals surface area (Å²) in [5, 5.41) is 3.71. The number of carbonyl (C=O) groups excluding carboxylic acids is 1. The Balaban J connectivity index is 1.87. The van der Waals surface area contributed by atoms with Gasteiger partial charge in [-0.2, -0.15) is 17.5 Å². The molecule has 1 amide bonds. The number of pyridine rings is 1. The molecule has 0 aliphatic carbocycles. The van der Waals surface area contributed by atoms with Crippen molar-refractivity contribution < 1.29 is 26.4 Å². The predicted octanol–water partition coefficient (Wildman–Crippen LogP) is 4.20. The summed E-state index contributed by atoms with van der Waals surface area (Å²) >= 11 is 0. The van der Waals surface area contributed by atoms with Gasteiger partial charge in [-0.15, -0.1) is 0 Å². The van der Waals surface area contributed by atoms with Gasteiger partial charge in [0.15, 0.2) is 5.03 Å². The summed E-state index contributed by atoms with van der Waals surface area (Å²) in [7, 11) is -1.74. The second-order valence-electron chi connectivity index (χ2n) is 9.37. The molecular formula is C28H24F3N3O4S. The normalized spacial score (nSPS) is 17.1. The van der Waals surface area contributed by atoms with E-state index >= 15 is 0 Å². The minimum Gasteiger partial charge on any atom is -0.357 e. The van der Waals surface area contributed by atoms with Crippen LogP contribution in [0.4, 0.5) is 13.2 Å². The molecule has 39 heavy (non-hydrogen) atoms. The van der Waals surface area contributed by atoms with Crippen molar-refractivity contribution >= 4 is 26.7 Å². The quantitative estimate of drug-likeness (QED) is 0.409. The zero-order chi connectivity index (χ0) is 28.1. The minimum absolute atomic E-state index is 0.0293. The molecular weight excluding hydrogens is 531 g/mol. The zero-order valence-corrected chi connectivity index (χ0v) is 21.8. The number of hydrogen-bond donors (Lipinski definition) is 1. The fraction of sp³-hybridized carbons (Fsp3) is 0.214. The summed E-state index contributed by atoms with van der Waals surface area (Å²) in [6.07, 6.45) is -4.61. The summed E-state index contributed by atoms with van der Waals surface area (Å²) in [5.41, 5.74) is -0.786. The van der Waals surface area contributed by atoms with Crippen molar-refractivity contribution in [2.45, 2.75) is 23.7 Å². The molecule has 7 nitrogen and oxygen atoms in total. The first-order valence-electron chi connectivity index (χ1n) is 12.0. The number of amides is 1. The minimum atomic E-state index is -4.68. The van der Waals surface area contributed by atoms with Crippen LogP contribution in [0.3, 0.4) is 0 Å². The second-order valence-corrected chi connectivity index (χ2v) is 11.3.